The van der Waals surface area contributed by atoms with Crippen LogP contribution in [0.4, 0.5) is 0 Å². The van der Waals surface area contributed by atoms with Crippen molar-refractivity contribution in [2.75, 3.05) is 13.2 Å². The summed E-state index contributed by atoms with van der Waals surface area (Å²) in [4.78, 5) is 0. The Labute approximate surface area is 114 Å². The number of aliphatic hydroxyl groups is 2. The fourth-order valence-electron chi connectivity index (χ4n) is 2.93. The van der Waals surface area contributed by atoms with Gasteiger partial charge in [0.25, 0.3) is 0 Å². The molecule has 0 aliphatic heterocycles. The Morgan fingerprint density at radius 1 is 1.37 bits per heavy atom. The maximum Gasteiger partial charge on any atom is 0.120 e. The number of phenolic OH excluding ortho intramolecular Hbond substituents is 1. The van der Waals surface area contributed by atoms with E-state index in [1.165, 1.54) is 11.1 Å². The van der Waals surface area contributed by atoms with Crippen molar-refractivity contribution < 1.29 is 15.3 Å². The van der Waals surface area contributed by atoms with E-state index in [9.17, 15) is 10.2 Å². The molecule has 0 saturated carbocycles. The van der Waals surface area contributed by atoms with E-state index in [0.717, 1.165) is 12.0 Å². The first-order chi connectivity index (χ1) is 8.85. The number of benzene rings is 1. The maximum atomic E-state index is 10.1. The lowest BCUT2D eigenvalue weighted by molar-refractivity contribution is 0.000589. The average molecular weight is 265 g/mol. The van der Waals surface area contributed by atoms with Crippen molar-refractivity contribution in [3.63, 3.8) is 0 Å². The summed E-state index contributed by atoms with van der Waals surface area (Å²) >= 11 is 0. The van der Waals surface area contributed by atoms with Gasteiger partial charge in [0.2, 0.25) is 0 Å². The third kappa shape index (κ3) is 2.76. The van der Waals surface area contributed by atoms with Crippen LogP contribution in [-0.2, 0) is 0 Å². The van der Waals surface area contributed by atoms with Gasteiger partial charge in [-0.3, -0.25) is 0 Å². The second-order valence-electron chi connectivity index (χ2n) is 5.95. The fourth-order valence-corrected chi connectivity index (χ4v) is 2.93. The van der Waals surface area contributed by atoms with Crippen molar-refractivity contribution in [2.24, 2.45) is 0 Å². The van der Waals surface area contributed by atoms with E-state index in [-0.39, 0.29) is 12.6 Å². The van der Waals surface area contributed by atoms with E-state index in [1.807, 2.05) is 6.07 Å². The number of aryl methyl sites for hydroxylation is 1. The third-order valence-electron chi connectivity index (χ3n) is 3.98. The summed E-state index contributed by atoms with van der Waals surface area (Å²) in [6, 6.07) is 3.70. The number of rotatable bonds is 4. The molecule has 0 aromatic heterocycles. The van der Waals surface area contributed by atoms with E-state index in [4.69, 9.17) is 5.11 Å². The highest BCUT2D eigenvalue weighted by molar-refractivity contribution is 5.50. The van der Waals surface area contributed by atoms with Gasteiger partial charge in [0.15, 0.2) is 0 Å². The molecule has 0 heterocycles. The molecule has 1 aromatic rings. The first kappa shape index (κ1) is 14.3. The number of hydrogen-bond acceptors (Lipinski definition) is 4. The average Bonchev–Trinajstić information content (AvgIpc) is 2.70. The molecule has 4 nitrogen and oxygen atoms in total. The lowest BCUT2D eigenvalue weighted by atomic mass is 9.97. The smallest absolute Gasteiger partial charge is 0.120 e. The highest BCUT2D eigenvalue weighted by Crippen LogP contribution is 2.45. The van der Waals surface area contributed by atoms with E-state index in [0.29, 0.717) is 18.2 Å². The standard InChI is InChI=1S/C15H23NO3/c1-9-4-5-12(18)14-11(6-10(2)13(9)14)16-7-15(3,19)8-17/h4-5,10-11,16-19H,6-8H2,1-3H3. The molecule has 2 rings (SSSR count). The molecule has 1 aromatic carbocycles. The fraction of sp³-hybridized carbons (Fsp3) is 0.600. The molecule has 3 unspecified atom stereocenters. The zero-order valence-corrected chi connectivity index (χ0v) is 11.8. The number of phenols is 1. The minimum atomic E-state index is -1.13. The van der Waals surface area contributed by atoms with Crippen molar-refractivity contribution in [1.82, 2.24) is 5.32 Å². The van der Waals surface area contributed by atoms with Gasteiger partial charge < -0.3 is 20.6 Å². The molecular formula is C15H23NO3. The van der Waals surface area contributed by atoms with Gasteiger partial charge >= 0.3 is 0 Å². The number of aromatic hydroxyl groups is 1. The predicted octanol–water partition coefficient (Wildman–Crippen LogP) is 1.58. The topological polar surface area (TPSA) is 72.7 Å². The summed E-state index contributed by atoms with van der Waals surface area (Å²) in [5.41, 5.74) is 2.21. The van der Waals surface area contributed by atoms with Gasteiger partial charge in [0, 0.05) is 18.2 Å². The van der Waals surface area contributed by atoms with Crippen LogP contribution in [0.2, 0.25) is 0 Å². The highest BCUT2D eigenvalue weighted by atomic mass is 16.3. The molecule has 0 radical (unpaired) electrons. The molecule has 19 heavy (non-hydrogen) atoms. The molecule has 0 amide bonds. The zero-order valence-electron chi connectivity index (χ0n) is 11.8. The van der Waals surface area contributed by atoms with Gasteiger partial charge in [-0.15, -0.1) is 0 Å². The van der Waals surface area contributed by atoms with Gasteiger partial charge in [0.05, 0.1) is 12.2 Å². The highest BCUT2D eigenvalue weighted by Gasteiger charge is 2.33. The van der Waals surface area contributed by atoms with Crippen LogP contribution in [0.3, 0.4) is 0 Å². The van der Waals surface area contributed by atoms with Crippen molar-refractivity contribution in [3.05, 3.63) is 28.8 Å². The molecular weight excluding hydrogens is 242 g/mol. The van der Waals surface area contributed by atoms with Gasteiger partial charge in [0.1, 0.15) is 5.75 Å². The molecule has 4 N–H and O–H groups in total. The zero-order chi connectivity index (χ0) is 14.2. The molecule has 106 valence electrons. The van der Waals surface area contributed by atoms with E-state index in [2.05, 4.69) is 19.2 Å². The van der Waals surface area contributed by atoms with Crippen LogP contribution in [-0.4, -0.2) is 34.1 Å². The minimum absolute atomic E-state index is 0.0305. The largest absolute Gasteiger partial charge is 0.508 e. The van der Waals surface area contributed by atoms with Crippen LogP contribution < -0.4 is 5.32 Å². The van der Waals surface area contributed by atoms with Gasteiger partial charge in [-0.25, -0.2) is 0 Å². The Kier molecular flexibility index (Phi) is 3.85. The summed E-state index contributed by atoms with van der Waals surface area (Å²) < 4.78 is 0. The number of fused-ring (bicyclic) bond motifs is 1. The summed E-state index contributed by atoms with van der Waals surface area (Å²) in [5.74, 6) is 0.699. The lowest BCUT2D eigenvalue weighted by Gasteiger charge is -2.24. The number of aliphatic hydroxyl groups excluding tert-OH is 1. The van der Waals surface area contributed by atoms with Gasteiger partial charge in [-0.2, -0.15) is 0 Å². The van der Waals surface area contributed by atoms with Crippen molar-refractivity contribution in [3.8, 4) is 5.75 Å². The van der Waals surface area contributed by atoms with Gasteiger partial charge in [-0.05, 0) is 43.4 Å². The van der Waals surface area contributed by atoms with Crippen LogP contribution >= 0.6 is 0 Å². The Morgan fingerprint density at radius 2 is 2.05 bits per heavy atom. The molecule has 1 aliphatic rings. The summed E-state index contributed by atoms with van der Waals surface area (Å²) in [7, 11) is 0. The lowest BCUT2D eigenvalue weighted by Crippen LogP contribution is -2.42. The molecule has 4 heteroatoms. The monoisotopic (exact) mass is 265 g/mol. The van der Waals surface area contributed by atoms with Crippen molar-refractivity contribution >= 4 is 0 Å². The van der Waals surface area contributed by atoms with Crippen LogP contribution in [0.1, 0.15) is 48.9 Å². The second kappa shape index (κ2) is 5.12. The molecule has 0 spiro atoms. The first-order valence-corrected chi connectivity index (χ1v) is 6.74. The third-order valence-corrected chi connectivity index (χ3v) is 3.98. The Hall–Kier alpha value is -1.10. The number of nitrogens with one attached hydrogen (secondary N) is 1. The Balaban J connectivity index is 2.22. The summed E-state index contributed by atoms with van der Waals surface area (Å²) in [6.45, 7) is 5.82. The SMILES string of the molecule is Cc1ccc(O)c2c1C(C)CC2NCC(C)(O)CO. The Bertz CT molecular complexity index is 471. The van der Waals surface area contributed by atoms with Crippen LogP contribution in [0.15, 0.2) is 12.1 Å². The van der Waals surface area contributed by atoms with Crippen LogP contribution in [0.5, 0.6) is 5.75 Å². The summed E-state index contributed by atoms with van der Waals surface area (Å²) in [5, 5.41) is 32.3. The molecule has 0 fully saturated rings. The normalized spacial score (nSPS) is 25.1. The Morgan fingerprint density at radius 3 is 2.68 bits per heavy atom. The van der Waals surface area contributed by atoms with Crippen molar-refractivity contribution in [2.45, 2.75) is 44.8 Å². The van der Waals surface area contributed by atoms with Crippen molar-refractivity contribution in [1.29, 1.82) is 0 Å². The summed E-state index contributed by atoms with van der Waals surface area (Å²) in [6.07, 6.45) is 0.898. The minimum Gasteiger partial charge on any atom is -0.508 e. The molecule has 0 saturated heterocycles. The van der Waals surface area contributed by atoms with E-state index in [1.54, 1.807) is 13.0 Å². The quantitative estimate of drug-likeness (QED) is 0.667. The van der Waals surface area contributed by atoms with Crippen LogP contribution in [0, 0.1) is 6.92 Å². The van der Waals surface area contributed by atoms with E-state index >= 15 is 0 Å². The number of hydrogen-bond donors (Lipinski definition) is 4. The van der Waals surface area contributed by atoms with Crippen LogP contribution in [0.25, 0.3) is 0 Å². The first-order valence-electron chi connectivity index (χ1n) is 6.74. The molecule has 1 aliphatic carbocycles. The second-order valence-corrected chi connectivity index (χ2v) is 5.95. The molecule has 3 atom stereocenters. The van der Waals surface area contributed by atoms with Gasteiger partial charge in [-0.1, -0.05) is 13.0 Å². The maximum absolute atomic E-state index is 10.1. The van der Waals surface area contributed by atoms with E-state index < -0.39 is 5.60 Å². The predicted molar refractivity (Wildman–Crippen MR) is 74.3 cm³/mol. The molecule has 0 bridgehead atoms.